The van der Waals surface area contributed by atoms with Gasteiger partial charge in [-0.3, -0.25) is 5.84 Å². The summed E-state index contributed by atoms with van der Waals surface area (Å²) < 4.78 is 26.7. The minimum absolute atomic E-state index is 0.00688. The van der Waals surface area contributed by atoms with E-state index < -0.39 is 11.9 Å². The van der Waals surface area contributed by atoms with E-state index in [1.165, 1.54) is 12.1 Å². The van der Waals surface area contributed by atoms with Gasteiger partial charge in [-0.1, -0.05) is 35.9 Å². The van der Waals surface area contributed by atoms with Gasteiger partial charge in [0, 0.05) is 0 Å². The predicted octanol–water partition coefficient (Wildman–Crippen LogP) is 3.48. The van der Waals surface area contributed by atoms with Crippen LogP contribution in [0.3, 0.4) is 0 Å². The topological polar surface area (TPSA) is 38.0 Å². The van der Waals surface area contributed by atoms with Crippen molar-refractivity contribution in [2.45, 2.75) is 13.0 Å². The fourth-order valence-corrected chi connectivity index (χ4v) is 2.19. The molecular formula is C14H13ClF2N2. The first kappa shape index (κ1) is 13.9. The molecule has 0 saturated heterocycles. The van der Waals surface area contributed by atoms with E-state index >= 15 is 0 Å². The van der Waals surface area contributed by atoms with Crippen LogP contribution in [0.15, 0.2) is 36.4 Å². The molecule has 0 aliphatic heterocycles. The fourth-order valence-electron chi connectivity index (χ4n) is 1.96. The second kappa shape index (κ2) is 5.65. The smallest absolute Gasteiger partial charge is 0.142 e. The van der Waals surface area contributed by atoms with Crippen molar-refractivity contribution in [2.24, 2.45) is 5.84 Å². The number of rotatable bonds is 3. The van der Waals surface area contributed by atoms with Crippen LogP contribution in [0, 0.1) is 18.6 Å². The molecule has 2 nitrogen and oxygen atoms in total. The van der Waals surface area contributed by atoms with Crippen molar-refractivity contribution in [3.8, 4) is 0 Å². The molecule has 0 fully saturated rings. The third-order valence-electron chi connectivity index (χ3n) is 2.97. The minimum Gasteiger partial charge on any atom is -0.271 e. The van der Waals surface area contributed by atoms with Crippen molar-refractivity contribution >= 4 is 11.6 Å². The second-order valence-electron chi connectivity index (χ2n) is 4.25. The number of nitrogens with one attached hydrogen (secondary N) is 1. The molecule has 0 spiro atoms. The molecule has 100 valence electrons. The number of benzene rings is 2. The normalized spacial score (nSPS) is 12.5. The molecule has 0 radical (unpaired) electrons. The van der Waals surface area contributed by atoms with Crippen LogP contribution < -0.4 is 11.3 Å². The first-order chi connectivity index (χ1) is 9.04. The molecule has 0 heterocycles. The molecule has 5 heteroatoms. The van der Waals surface area contributed by atoms with Gasteiger partial charge in [-0.15, -0.1) is 0 Å². The van der Waals surface area contributed by atoms with E-state index in [1.807, 2.05) is 0 Å². The SMILES string of the molecule is Cc1cc(C(NN)c2cccc(F)c2Cl)ccc1F. The lowest BCUT2D eigenvalue weighted by Crippen LogP contribution is -2.29. The van der Waals surface area contributed by atoms with Crippen molar-refractivity contribution in [1.29, 1.82) is 0 Å². The molecule has 0 aliphatic rings. The Bertz CT molecular complexity index is 602. The van der Waals surface area contributed by atoms with Gasteiger partial charge < -0.3 is 0 Å². The van der Waals surface area contributed by atoms with E-state index in [4.69, 9.17) is 17.4 Å². The van der Waals surface area contributed by atoms with Gasteiger partial charge >= 0.3 is 0 Å². The van der Waals surface area contributed by atoms with Crippen molar-refractivity contribution in [1.82, 2.24) is 5.43 Å². The van der Waals surface area contributed by atoms with Crippen LogP contribution in [0.25, 0.3) is 0 Å². The maximum Gasteiger partial charge on any atom is 0.142 e. The highest BCUT2D eigenvalue weighted by molar-refractivity contribution is 6.31. The largest absolute Gasteiger partial charge is 0.271 e. The monoisotopic (exact) mass is 282 g/mol. The lowest BCUT2D eigenvalue weighted by atomic mass is 9.97. The third-order valence-corrected chi connectivity index (χ3v) is 3.37. The van der Waals surface area contributed by atoms with E-state index in [2.05, 4.69) is 5.43 Å². The van der Waals surface area contributed by atoms with Gasteiger partial charge in [0.2, 0.25) is 0 Å². The quantitative estimate of drug-likeness (QED) is 0.668. The Balaban J connectivity index is 2.50. The zero-order valence-corrected chi connectivity index (χ0v) is 11.0. The second-order valence-corrected chi connectivity index (χ2v) is 4.63. The van der Waals surface area contributed by atoms with Crippen LogP contribution >= 0.6 is 11.6 Å². The Labute approximate surface area is 115 Å². The molecule has 0 aliphatic carbocycles. The fraction of sp³-hybridized carbons (Fsp3) is 0.143. The Morgan fingerprint density at radius 3 is 2.53 bits per heavy atom. The zero-order valence-electron chi connectivity index (χ0n) is 10.3. The van der Waals surface area contributed by atoms with Crippen LogP contribution in [-0.2, 0) is 0 Å². The van der Waals surface area contributed by atoms with Crippen LogP contribution in [0.2, 0.25) is 5.02 Å². The summed E-state index contributed by atoms with van der Waals surface area (Å²) in [5.41, 5.74) is 4.29. The first-order valence-corrected chi connectivity index (χ1v) is 6.08. The summed E-state index contributed by atoms with van der Waals surface area (Å²) >= 11 is 5.94. The van der Waals surface area contributed by atoms with Gasteiger partial charge in [0.05, 0.1) is 11.1 Å². The maximum atomic E-state index is 13.5. The molecular weight excluding hydrogens is 270 g/mol. The van der Waals surface area contributed by atoms with Gasteiger partial charge in [0.1, 0.15) is 11.6 Å². The van der Waals surface area contributed by atoms with E-state index in [1.54, 1.807) is 31.2 Å². The van der Waals surface area contributed by atoms with E-state index in [-0.39, 0.29) is 10.8 Å². The van der Waals surface area contributed by atoms with Gasteiger partial charge in [-0.2, -0.15) is 0 Å². The number of hydrazine groups is 1. The first-order valence-electron chi connectivity index (χ1n) is 5.70. The Morgan fingerprint density at radius 1 is 1.16 bits per heavy atom. The van der Waals surface area contributed by atoms with Gasteiger partial charge in [0.15, 0.2) is 0 Å². The Kier molecular flexibility index (Phi) is 4.14. The summed E-state index contributed by atoms with van der Waals surface area (Å²) in [6.07, 6.45) is 0. The summed E-state index contributed by atoms with van der Waals surface area (Å²) in [7, 11) is 0. The standard InChI is InChI=1S/C14H13ClF2N2/c1-8-7-9(5-6-11(8)16)14(19-18)10-3-2-4-12(17)13(10)15/h2-7,14,19H,18H2,1H3. The zero-order chi connectivity index (χ0) is 14.0. The molecule has 1 unspecified atom stereocenters. The van der Waals surface area contributed by atoms with Crippen molar-refractivity contribution in [2.75, 3.05) is 0 Å². The van der Waals surface area contributed by atoms with Gasteiger partial charge in [-0.05, 0) is 35.7 Å². The molecule has 3 N–H and O–H groups in total. The maximum absolute atomic E-state index is 13.5. The van der Waals surface area contributed by atoms with Crippen LogP contribution in [0.5, 0.6) is 0 Å². The molecule has 0 amide bonds. The van der Waals surface area contributed by atoms with E-state index in [9.17, 15) is 8.78 Å². The highest BCUT2D eigenvalue weighted by atomic mass is 35.5. The van der Waals surface area contributed by atoms with Crippen LogP contribution in [0.1, 0.15) is 22.7 Å². The average Bonchev–Trinajstić information content (AvgIpc) is 2.39. The Morgan fingerprint density at radius 2 is 1.89 bits per heavy atom. The molecule has 2 rings (SSSR count). The predicted molar refractivity (Wildman–Crippen MR) is 71.7 cm³/mol. The number of halogens is 3. The molecule has 0 aromatic heterocycles. The van der Waals surface area contributed by atoms with Gasteiger partial charge in [-0.25, -0.2) is 14.2 Å². The lowest BCUT2D eigenvalue weighted by molar-refractivity contribution is 0.598. The summed E-state index contributed by atoms with van der Waals surface area (Å²) in [5.74, 6) is 4.70. The molecule has 19 heavy (non-hydrogen) atoms. The molecule has 0 bridgehead atoms. The third kappa shape index (κ3) is 2.76. The summed E-state index contributed by atoms with van der Waals surface area (Å²) in [6.45, 7) is 1.65. The van der Waals surface area contributed by atoms with E-state index in [0.29, 0.717) is 16.7 Å². The highest BCUT2D eigenvalue weighted by Crippen LogP contribution is 2.30. The molecule has 1 atom stereocenters. The summed E-state index contributed by atoms with van der Waals surface area (Å²) in [4.78, 5) is 0. The Hall–Kier alpha value is -1.49. The van der Waals surface area contributed by atoms with Crippen molar-refractivity contribution in [3.63, 3.8) is 0 Å². The average molecular weight is 283 g/mol. The van der Waals surface area contributed by atoms with Crippen LogP contribution in [-0.4, -0.2) is 0 Å². The highest BCUT2D eigenvalue weighted by Gasteiger charge is 2.18. The molecule has 2 aromatic carbocycles. The molecule has 0 saturated carbocycles. The number of hydrogen-bond acceptors (Lipinski definition) is 2. The van der Waals surface area contributed by atoms with Crippen molar-refractivity contribution in [3.05, 3.63) is 69.7 Å². The summed E-state index contributed by atoms with van der Waals surface area (Å²) in [5, 5.41) is 0.00688. The number of nitrogens with two attached hydrogens (primary N) is 1. The van der Waals surface area contributed by atoms with Gasteiger partial charge in [0.25, 0.3) is 0 Å². The van der Waals surface area contributed by atoms with E-state index in [0.717, 1.165) is 0 Å². The summed E-state index contributed by atoms with van der Waals surface area (Å²) in [6, 6.07) is 8.60. The minimum atomic E-state index is -0.516. The lowest BCUT2D eigenvalue weighted by Gasteiger charge is -2.19. The van der Waals surface area contributed by atoms with Crippen molar-refractivity contribution < 1.29 is 8.78 Å². The van der Waals surface area contributed by atoms with Crippen LogP contribution in [0.4, 0.5) is 8.78 Å². The number of hydrogen-bond donors (Lipinski definition) is 2. The number of aryl methyl sites for hydroxylation is 1. The molecule has 2 aromatic rings.